The van der Waals surface area contributed by atoms with Crippen LogP contribution in [0.4, 0.5) is 29.1 Å². The summed E-state index contributed by atoms with van der Waals surface area (Å²) in [4.78, 5) is 42.5. The number of anilines is 3. The lowest BCUT2D eigenvalue weighted by molar-refractivity contribution is -0.145. The summed E-state index contributed by atoms with van der Waals surface area (Å²) in [6.45, 7) is 6.86. The molecule has 0 amide bonds. The van der Waals surface area contributed by atoms with Gasteiger partial charge < -0.3 is 34.5 Å². The lowest BCUT2D eigenvalue weighted by Gasteiger charge is -2.26. The number of aromatic nitrogens is 6. The number of carbonyl (C=O) groups excluding carboxylic acids is 2. The number of methoxy groups -OCH3 is 2. The second-order valence-electron chi connectivity index (χ2n) is 10.5. The van der Waals surface area contributed by atoms with Gasteiger partial charge in [-0.1, -0.05) is 6.92 Å². The van der Waals surface area contributed by atoms with E-state index in [4.69, 9.17) is 24.2 Å². The molecule has 0 saturated carbocycles. The first-order valence-corrected chi connectivity index (χ1v) is 14.6. The number of esters is 1. The Balaban J connectivity index is 1.99. The van der Waals surface area contributed by atoms with Gasteiger partial charge in [-0.3, -0.25) is 9.78 Å². The average Bonchev–Trinajstić information content (AvgIpc) is 3.47. The maximum absolute atomic E-state index is 12.0. The summed E-state index contributed by atoms with van der Waals surface area (Å²) in [5.41, 5.74) is 0.428. The lowest BCUT2D eigenvalue weighted by Crippen LogP contribution is -2.34. The maximum Gasteiger partial charge on any atom is 0.306 e. The van der Waals surface area contributed by atoms with Gasteiger partial charge >= 0.3 is 5.97 Å². The van der Waals surface area contributed by atoms with Gasteiger partial charge in [0.2, 0.25) is 11.8 Å². The second-order valence-corrected chi connectivity index (χ2v) is 10.5. The van der Waals surface area contributed by atoms with Gasteiger partial charge in [-0.05, 0) is 20.3 Å². The zero-order valence-corrected chi connectivity index (χ0v) is 26.9. The highest BCUT2D eigenvalue weighted by Gasteiger charge is 2.21. The van der Waals surface area contributed by atoms with Crippen LogP contribution in [0, 0.1) is 17.2 Å². The molecule has 3 aromatic rings. The molecule has 0 aliphatic heterocycles. The largest absolute Gasteiger partial charge is 0.466 e. The molecule has 0 spiro atoms. The number of nitrogens with one attached hydrogen (secondary N) is 2. The topological polar surface area (TPSA) is 207 Å². The number of azo groups is 1. The molecule has 46 heavy (non-hydrogen) atoms. The van der Waals surface area contributed by atoms with E-state index in [1.54, 1.807) is 21.1 Å². The van der Waals surface area contributed by atoms with Gasteiger partial charge in [-0.15, -0.1) is 15.3 Å². The third kappa shape index (κ3) is 10.2. The minimum absolute atomic E-state index is 0.0225. The number of carbonyl (C=O) groups is 2. The normalized spacial score (nSPS) is 13.1. The van der Waals surface area contributed by atoms with E-state index in [0.717, 1.165) is 6.29 Å². The Morgan fingerprint density at radius 1 is 1.15 bits per heavy atom. The summed E-state index contributed by atoms with van der Waals surface area (Å²) < 4.78 is 17.3. The number of hydrogen-bond donors (Lipinski definition) is 2. The standard InChI is InChI=1S/C29H40N12O5/c1-19(16-42)12-24(43)46-11-7-8-33-27-25(37-38-26-22(13-30)15-41(39-26)23-14-31-9-10-32-23)28(34-20(2)17-44-5)36-29(35-27)40(4)21(3)18-45-6/h9-10,14-16,19-21H,7-8,11-12,17-18H2,1-6H3,(H2,33,34,35,36). The summed E-state index contributed by atoms with van der Waals surface area (Å²) >= 11 is 0. The highest BCUT2D eigenvalue weighted by atomic mass is 16.5. The molecule has 0 aliphatic carbocycles. The van der Waals surface area contributed by atoms with Crippen molar-refractivity contribution < 1.29 is 23.8 Å². The quantitative estimate of drug-likeness (QED) is 0.0838. The Bertz CT molecular complexity index is 1490. The van der Waals surface area contributed by atoms with E-state index in [0.29, 0.717) is 49.6 Å². The van der Waals surface area contributed by atoms with Crippen LogP contribution < -0.4 is 15.5 Å². The number of rotatable bonds is 19. The number of nitrogens with zero attached hydrogens (tertiary/aromatic N) is 10. The lowest BCUT2D eigenvalue weighted by atomic mass is 10.1. The van der Waals surface area contributed by atoms with Crippen LogP contribution in [0.3, 0.4) is 0 Å². The summed E-state index contributed by atoms with van der Waals surface area (Å²) in [6.07, 6.45) is 7.21. The molecule has 0 aromatic carbocycles. The SMILES string of the molecule is COCC(C)Nc1nc(N(C)C(C)COC)nc(NCCCOC(=O)CC(C)C=O)c1N=Nc1nn(-c2cnccn2)cc1C#N. The van der Waals surface area contributed by atoms with Crippen molar-refractivity contribution in [3.63, 3.8) is 0 Å². The Hall–Kier alpha value is -5.08. The van der Waals surface area contributed by atoms with E-state index in [2.05, 4.69) is 42.0 Å². The number of ether oxygens (including phenoxy) is 3. The monoisotopic (exact) mass is 636 g/mol. The third-order valence-electron chi connectivity index (χ3n) is 6.50. The first kappa shape index (κ1) is 35.4. The predicted molar refractivity (Wildman–Crippen MR) is 169 cm³/mol. The molecule has 3 atom stereocenters. The number of nitriles is 1. The molecular weight excluding hydrogens is 596 g/mol. The smallest absolute Gasteiger partial charge is 0.306 e. The molecule has 3 rings (SSSR count). The van der Waals surface area contributed by atoms with Crippen LogP contribution in [0.15, 0.2) is 35.0 Å². The van der Waals surface area contributed by atoms with Gasteiger partial charge in [0, 0.05) is 52.2 Å². The zero-order chi connectivity index (χ0) is 33.5. The minimum atomic E-state index is -0.444. The Kier molecular flexibility index (Phi) is 13.9. The summed E-state index contributed by atoms with van der Waals surface area (Å²) in [5, 5.41) is 29.5. The fraction of sp³-hybridized carbons (Fsp3) is 0.517. The van der Waals surface area contributed by atoms with E-state index in [1.807, 2.05) is 25.8 Å². The summed E-state index contributed by atoms with van der Waals surface area (Å²) in [6, 6.07) is 1.84. The highest BCUT2D eigenvalue weighted by Crippen LogP contribution is 2.35. The van der Waals surface area contributed by atoms with Crippen molar-refractivity contribution in [1.29, 1.82) is 5.26 Å². The fourth-order valence-corrected chi connectivity index (χ4v) is 3.97. The van der Waals surface area contributed by atoms with Crippen LogP contribution in [-0.2, 0) is 23.8 Å². The second kappa shape index (κ2) is 18.0. The maximum atomic E-state index is 12.0. The molecule has 0 saturated heterocycles. The van der Waals surface area contributed by atoms with Crippen molar-refractivity contribution in [2.75, 3.05) is 63.2 Å². The summed E-state index contributed by atoms with van der Waals surface area (Å²) in [7, 11) is 5.07. The van der Waals surface area contributed by atoms with Crippen LogP contribution in [0.25, 0.3) is 5.82 Å². The molecule has 0 aliphatic rings. The molecule has 17 nitrogen and oxygen atoms in total. The Labute approximate surface area is 267 Å². The molecule has 0 bridgehead atoms. The molecule has 0 fully saturated rings. The molecule has 3 aromatic heterocycles. The van der Waals surface area contributed by atoms with E-state index in [9.17, 15) is 14.9 Å². The first-order chi connectivity index (χ1) is 22.2. The Morgan fingerprint density at radius 2 is 1.91 bits per heavy atom. The van der Waals surface area contributed by atoms with Crippen LogP contribution in [0.2, 0.25) is 0 Å². The average molecular weight is 637 g/mol. The van der Waals surface area contributed by atoms with Gasteiger partial charge in [0.15, 0.2) is 23.1 Å². The molecular formula is C29H40N12O5. The number of aldehydes is 1. The molecule has 0 radical (unpaired) electrons. The molecule has 246 valence electrons. The molecule has 2 N–H and O–H groups in total. The van der Waals surface area contributed by atoms with Gasteiger partial charge in [0.1, 0.15) is 17.9 Å². The van der Waals surface area contributed by atoms with Crippen molar-refractivity contribution in [2.24, 2.45) is 16.1 Å². The zero-order valence-electron chi connectivity index (χ0n) is 26.9. The predicted octanol–water partition coefficient (Wildman–Crippen LogP) is 3.23. The van der Waals surface area contributed by atoms with E-state index < -0.39 is 11.9 Å². The van der Waals surface area contributed by atoms with Crippen molar-refractivity contribution in [3.05, 3.63) is 30.4 Å². The van der Waals surface area contributed by atoms with Gasteiger partial charge in [0.05, 0.1) is 44.7 Å². The van der Waals surface area contributed by atoms with E-state index in [1.165, 1.54) is 29.5 Å². The number of likely N-dealkylation sites (N-methyl/N-ethyl adjacent to an activating group) is 1. The van der Waals surface area contributed by atoms with Gasteiger partial charge in [0.25, 0.3) is 0 Å². The third-order valence-corrected chi connectivity index (χ3v) is 6.50. The number of hydrogen-bond acceptors (Lipinski definition) is 16. The minimum Gasteiger partial charge on any atom is -0.466 e. The van der Waals surface area contributed by atoms with E-state index in [-0.39, 0.29) is 42.2 Å². The Morgan fingerprint density at radius 3 is 2.59 bits per heavy atom. The van der Waals surface area contributed by atoms with Crippen LogP contribution >= 0.6 is 0 Å². The fourth-order valence-electron chi connectivity index (χ4n) is 3.97. The van der Waals surface area contributed by atoms with Crippen LogP contribution in [-0.4, -0.2) is 102 Å². The van der Waals surface area contributed by atoms with Crippen LogP contribution in [0.5, 0.6) is 0 Å². The first-order valence-electron chi connectivity index (χ1n) is 14.6. The highest BCUT2D eigenvalue weighted by molar-refractivity contribution is 5.76. The van der Waals surface area contributed by atoms with Crippen molar-refractivity contribution >= 4 is 41.3 Å². The molecule has 3 unspecified atom stereocenters. The van der Waals surface area contributed by atoms with Crippen molar-refractivity contribution in [2.45, 2.75) is 45.7 Å². The molecule has 17 heteroatoms. The van der Waals surface area contributed by atoms with Gasteiger partial charge in [-0.25, -0.2) is 9.67 Å². The van der Waals surface area contributed by atoms with Crippen LogP contribution in [0.1, 0.15) is 39.2 Å². The summed E-state index contributed by atoms with van der Waals surface area (Å²) in [5.74, 6) is 0.693. The van der Waals surface area contributed by atoms with Gasteiger partial charge in [-0.2, -0.15) is 15.2 Å². The van der Waals surface area contributed by atoms with Crippen molar-refractivity contribution in [3.8, 4) is 11.9 Å². The van der Waals surface area contributed by atoms with Crippen molar-refractivity contribution in [1.82, 2.24) is 29.7 Å². The van der Waals surface area contributed by atoms with E-state index >= 15 is 0 Å². The molecule has 3 heterocycles.